The van der Waals surface area contributed by atoms with Gasteiger partial charge in [-0.05, 0) is 36.4 Å². The van der Waals surface area contributed by atoms with E-state index in [2.05, 4.69) is 25.0 Å². The molecule has 0 amide bonds. The van der Waals surface area contributed by atoms with Gasteiger partial charge in [-0.1, -0.05) is 18.2 Å². The fourth-order valence-corrected chi connectivity index (χ4v) is 2.95. The Morgan fingerprint density at radius 1 is 0.933 bits per heavy atom. The highest BCUT2D eigenvalue weighted by molar-refractivity contribution is 5.85. The molecule has 4 rings (SSSR count). The third-order valence-corrected chi connectivity index (χ3v) is 4.24. The molecule has 0 aliphatic carbocycles. The van der Waals surface area contributed by atoms with Crippen molar-refractivity contribution in [3.8, 4) is 22.8 Å². The minimum atomic E-state index is -4.74. The smallest absolute Gasteiger partial charge is 0.491 e. The van der Waals surface area contributed by atoms with Gasteiger partial charge in [0.25, 0.3) is 0 Å². The number of methoxy groups -OCH3 is 1. The van der Waals surface area contributed by atoms with Crippen LogP contribution in [0.25, 0.3) is 22.2 Å². The lowest BCUT2D eigenvalue weighted by Crippen LogP contribution is -2.17. The topological polar surface area (TPSA) is 69.2 Å². The van der Waals surface area contributed by atoms with E-state index in [1.807, 2.05) is 30.3 Å². The summed E-state index contributed by atoms with van der Waals surface area (Å²) in [6, 6.07) is 14.9. The highest BCUT2D eigenvalue weighted by atomic mass is 19.4. The molecule has 2 aromatic heterocycles. The van der Waals surface area contributed by atoms with Crippen molar-refractivity contribution in [2.45, 2.75) is 6.36 Å². The van der Waals surface area contributed by atoms with Crippen molar-refractivity contribution in [1.29, 1.82) is 0 Å². The van der Waals surface area contributed by atoms with Crippen LogP contribution in [0.15, 0.2) is 67.1 Å². The van der Waals surface area contributed by atoms with Crippen molar-refractivity contribution in [1.82, 2.24) is 15.0 Å². The highest BCUT2D eigenvalue weighted by Crippen LogP contribution is 2.35. The van der Waals surface area contributed by atoms with Gasteiger partial charge in [-0.15, -0.1) is 13.2 Å². The summed E-state index contributed by atoms with van der Waals surface area (Å²) in [4.78, 5) is 12.9. The molecular weight excluding hydrogens is 397 g/mol. The molecule has 1 N–H and O–H groups in total. The van der Waals surface area contributed by atoms with E-state index in [9.17, 15) is 13.2 Å². The van der Waals surface area contributed by atoms with Gasteiger partial charge in [-0.2, -0.15) is 0 Å². The summed E-state index contributed by atoms with van der Waals surface area (Å²) in [5.41, 5.74) is 2.66. The van der Waals surface area contributed by atoms with Gasteiger partial charge in [0.15, 0.2) is 11.6 Å². The monoisotopic (exact) mass is 412 g/mol. The summed E-state index contributed by atoms with van der Waals surface area (Å²) >= 11 is 0. The van der Waals surface area contributed by atoms with Crippen LogP contribution in [-0.4, -0.2) is 28.4 Å². The maximum absolute atomic E-state index is 12.3. The number of aromatic nitrogens is 3. The Kier molecular flexibility index (Phi) is 5.09. The van der Waals surface area contributed by atoms with Gasteiger partial charge in [0.2, 0.25) is 0 Å². The minimum Gasteiger partial charge on any atom is -0.491 e. The summed E-state index contributed by atoms with van der Waals surface area (Å²) in [7, 11) is 1.49. The van der Waals surface area contributed by atoms with Crippen molar-refractivity contribution in [2.75, 3.05) is 12.4 Å². The number of hydrogen-bond donors (Lipinski definition) is 1. The number of halogens is 3. The minimum absolute atomic E-state index is 0.313. The van der Waals surface area contributed by atoms with E-state index in [4.69, 9.17) is 4.74 Å². The van der Waals surface area contributed by atoms with E-state index in [0.717, 1.165) is 16.5 Å². The van der Waals surface area contributed by atoms with Crippen LogP contribution in [0.5, 0.6) is 11.5 Å². The van der Waals surface area contributed by atoms with E-state index >= 15 is 0 Å². The molecule has 0 radical (unpaired) electrons. The lowest BCUT2D eigenvalue weighted by Gasteiger charge is -2.14. The number of nitrogens with one attached hydrogen (secondary N) is 1. The SMILES string of the molecule is COc1c(Nc2ccc(OC(F)(F)F)cc2)ncnc1-c1ccc2cccnc2c1. The summed E-state index contributed by atoms with van der Waals surface area (Å²) < 4.78 is 46.3. The van der Waals surface area contributed by atoms with Crippen LogP contribution in [0.4, 0.5) is 24.7 Å². The Bertz CT molecular complexity index is 1180. The molecule has 0 aliphatic heterocycles. The molecule has 0 saturated heterocycles. The first-order chi connectivity index (χ1) is 14.4. The van der Waals surface area contributed by atoms with Crippen LogP contribution < -0.4 is 14.8 Å². The molecule has 6 nitrogen and oxygen atoms in total. The van der Waals surface area contributed by atoms with Crippen molar-refractivity contribution in [3.63, 3.8) is 0 Å². The standard InChI is InChI=1S/C21H15F3N4O2/c1-29-19-18(14-5-4-13-3-2-10-25-17(13)11-14)26-12-27-20(19)28-15-6-8-16(9-7-15)30-21(22,23)24/h2-12H,1H3,(H,26,27,28). The van der Waals surface area contributed by atoms with E-state index in [1.54, 1.807) is 6.20 Å². The van der Waals surface area contributed by atoms with Crippen molar-refractivity contribution in [3.05, 3.63) is 67.1 Å². The average molecular weight is 412 g/mol. The van der Waals surface area contributed by atoms with Crippen LogP contribution >= 0.6 is 0 Å². The first-order valence-electron chi connectivity index (χ1n) is 8.80. The zero-order chi connectivity index (χ0) is 21.1. The second kappa shape index (κ2) is 7.86. The normalized spacial score (nSPS) is 11.3. The molecule has 2 heterocycles. The molecule has 0 fully saturated rings. The molecule has 0 spiro atoms. The average Bonchev–Trinajstić information content (AvgIpc) is 2.73. The number of pyridine rings is 1. The fourth-order valence-electron chi connectivity index (χ4n) is 2.95. The van der Waals surface area contributed by atoms with Crippen LogP contribution in [0.1, 0.15) is 0 Å². The van der Waals surface area contributed by atoms with Gasteiger partial charge in [-0.3, -0.25) is 4.98 Å². The molecule has 0 atom stereocenters. The van der Waals surface area contributed by atoms with Gasteiger partial charge in [-0.25, -0.2) is 9.97 Å². The number of hydrogen-bond acceptors (Lipinski definition) is 6. The van der Waals surface area contributed by atoms with Crippen molar-refractivity contribution >= 4 is 22.4 Å². The maximum Gasteiger partial charge on any atom is 0.573 e. The second-order valence-corrected chi connectivity index (χ2v) is 6.21. The van der Waals surface area contributed by atoms with E-state index < -0.39 is 6.36 Å². The van der Waals surface area contributed by atoms with Gasteiger partial charge >= 0.3 is 6.36 Å². The summed E-state index contributed by atoms with van der Waals surface area (Å²) in [6.07, 6.45) is -1.65. The number of anilines is 2. The number of nitrogens with zero attached hydrogens (tertiary/aromatic N) is 3. The van der Waals surface area contributed by atoms with Gasteiger partial charge in [0, 0.05) is 22.8 Å². The predicted octanol–water partition coefficient (Wildman–Crippen LogP) is 5.34. The highest BCUT2D eigenvalue weighted by Gasteiger charge is 2.31. The Morgan fingerprint density at radius 2 is 1.73 bits per heavy atom. The van der Waals surface area contributed by atoms with Crippen LogP contribution in [0.2, 0.25) is 0 Å². The largest absolute Gasteiger partial charge is 0.573 e. The Morgan fingerprint density at radius 3 is 2.47 bits per heavy atom. The first-order valence-corrected chi connectivity index (χ1v) is 8.80. The molecule has 0 unspecified atom stereocenters. The summed E-state index contributed by atoms with van der Waals surface area (Å²) in [5.74, 6) is 0.448. The quantitative estimate of drug-likeness (QED) is 0.477. The number of alkyl halides is 3. The van der Waals surface area contributed by atoms with Crippen molar-refractivity contribution in [2.24, 2.45) is 0 Å². The van der Waals surface area contributed by atoms with Gasteiger partial charge in [0.05, 0.1) is 12.6 Å². The molecule has 0 aliphatic rings. The zero-order valence-electron chi connectivity index (χ0n) is 15.6. The van der Waals surface area contributed by atoms with Crippen LogP contribution in [0, 0.1) is 0 Å². The number of benzene rings is 2. The number of fused-ring (bicyclic) bond motifs is 1. The molecule has 4 aromatic rings. The van der Waals surface area contributed by atoms with Crippen molar-refractivity contribution < 1.29 is 22.6 Å². The zero-order valence-corrected chi connectivity index (χ0v) is 15.6. The summed E-state index contributed by atoms with van der Waals surface area (Å²) in [6.45, 7) is 0. The molecule has 9 heteroatoms. The van der Waals surface area contributed by atoms with Gasteiger partial charge < -0.3 is 14.8 Å². The maximum atomic E-state index is 12.3. The lowest BCUT2D eigenvalue weighted by atomic mass is 10.1. The Balaban J connectivity index is 1.65. The Hall–Kier alpha value is -3.88. The number of rotatable bonds is 5. The van der Waals surface area contributed by atoms with Crippen LogP contribution in [-0.2, 0) is 0 Å². The van der Waals surface area contributed by atoms with Gasteiger partial charge in [0.1, 0.15) is 17.8 Å². The lowest BCUT2D eigenvalue weighted by molar-refractivity contribution is -0.274. The molecular formula is C21H15F3N4O2. The molecule has 152 valence electrons. The van der Waals surface area contributed by atoms with Crippen LogP contribution in [0.3, 0.4) is 0 Å². The first kappa shape index (κ1) is 19.4. The molecule has 30 heavy (non-hydrogen) atoms. The summed E-state index contributed by atoms with van der Waals surface area (Å²) in [5, 5.41) is 4.03. The van der Waals surface area contributed by atoms with E-state index in [0.29, 0.717) is 22.9 Å². The predicted molar refractivity (Wildman–Crippen MR) is 106 cm³/mol. The third kappa shape index (κ3) is 4.24. The van der Waals surface area contributed by atoms with E-state index in [1.165, 1.54) is 37.7 Å². The Labute approximate surface area is 169 Å². The third-order valence-electron chi connectivity index (χ3n) is 4.24. The molecule has 2 aromatic carbocycles. The van der Waals surface area contributed by atoms with E-state index in [-0.39, 0.29) is 5.75 Å². The molecule has 0 bridgehead atoms. The molecule has 0 saturated carbocycles. The second-order valence-electron chi connectivity index (χ2n) is 6.21. The fraction of sp³-hybridized carbons (Fsp3) is 0.0952. The number of ether oxygens (including phenoxy) is 2.